The van der Waals surface area contributed by atoms with Crippen LogP contribution >= 0.6 is 11.6 Å². The van der Waals surface area contributed by atoms with E-state index in [0.717, 1.165) is 16.7 Å². The van der Waals surface area contributed by atoms with Crippen LogP contribution in [0.4, 0.5) is 0 Å². The zero-order valence-electron chi connectivity index (χ0n) is 17.2. The van der Waals surface area contributed by atoms with Gasteiger partial charge in [0, 0.05) is 25.2 Å². The molecule has 5 nitrogen and oxygen atoms in total. The fraction of sp³-hybridized carbons (Fsp3) is 0.391. The minimum Gasteiger partial charge on any atom is -0.496 e. The maximum absolute atomic E-state index is 13.0. The van der Waals surface area contributed by atoms with Crippen LogP contribution in [0.5, 0.6) is 5.75 Å². The third-order valence-corrected chi connectivity index (χ3v) is 6.37. The Morgan fingerprint density at radius 1 is 0.966 bits per heavy atom. The van der Waals surface area contributed by atoms with Crippen LogP contribution in [0.25, 0.3) is 0 Å². The van der Waals surface area contributed by atoms with Gasteiger partial charge in [0.15, 0.2) is 0 Å². The number of hydrogen-bond acceptors (Lipinski definition) is 3. The smallest absolute Gasteiger partial charge is 0.258 e. The summed E-state index contributed by atoms with van der Waals surface area (Å²) in [7, 11) is 1.58. The summed E-state index contributed by atoms with van der Waals surface area (Å²) in [6, 6.07) is 9.73. The number of amides is 2. The number of rotatable bonds is 5. The van der Waals surface area contributed by atoms with Crippen LogP contribution in [0.3, 0.4) is 0 Å². The van der Waals surface area contributed by atoms with Gasteiger partial charge in [0.25, 0.3) is 11.8 Å². The van der Waals surface area contributed by atoms with E-state index in [1.54, 1.807) is 7.11 Å². The molecule has 6 heteroatoms. The van der Waals surface area contributed by atoms with Gasteiger partial charge < -0.3 is 14.5 Å². The number of fused-ring (bicyclic) bond motifs is 2. The van der Waals surface area contributed by atoms with E-state index in [1.807, 2.05) is 60.9 Å². The van der Waals surface area contributed by atoms with E-state index in [4.69, 9.17) is 16.3 Å². The number of carbonyl (C=O) groups is 2. The number of nitrogens with zero attached hydrogens (tertiary/aromatic N) is 2. The van der Waals surface area contributed by atoms with E-state index >= 15 is 0 Å². The van der Waals surface area contributed by atoms with Crippen molar-refractivity contribution in [2.24, 2.45) is 0 Å². The van der Waals surface area contributed by atoms with Gasteiger partial charge in [-0.15, -0.1) is 0 Å². The van der Waals surface area contributed by atoms with Crippen LogP contribution in [0.15, 0.2) is 30.3 Å². The molecule has 0 bridgehead atoms. The molecule has 0 N–H and O–H groups in total. The molecule has 2 aliphatic rings. The van der Waals surface area contributed by atoms with Crippen molar-refractivity contribution in [1.82, 2.24) is 9.80 Å². The van der Waals surface area contributed by atoms with Gasteiger partial charge >= 0.3 is 0 Å². The lowest BCUT2D eigenvalue weighted by molar-refractivity contribution is 0.0709. The van der Waals surface area contributed by atoms with E-state index in [2.05, 4.69) is 0 Å². The van der Waals surface area contributed by atoms with Crippen LogP contribution in [-0.4, -0.2) is 40.8 Å². The first-order valence-electron chi connectivity index (χ1n) is 9.91. The van der Waals surface area contributed by atoms with Crippen LogP contribution in [-0.2, 0) is 19.5 Å². The van der Waals surface area contributed by atoms with Gasteiger partial charge in [-0.3, -0.25) is 9.59 Å². The highest BCUT2D eigenvalue weighted by molar-refractivity contribution is 6.35. The zero-order valence-corrected chi connectivity index (χ0v) is 17.9. The molecule has 0 radical (unpaired) electrons. The average molecular weight is 413 g/mol. The average Bonchev–Trinajstić information content (AvgIpc) is 3.22. The van der Waals surface area contributed by atoms with Crippen molar-refractivity contribution in [2.45, 2.75) is 52.4 Å². The number of benzene rings is 2. The largest absolute Gasteiger partial charge is 0.496 e. The Morgan fingerprint density at radius 3 is 2.31 bits per heavy atom. The molecule has 0 fully saturated rings. The second-order valence-corrected chi connectivity index (χ2v) is 8.46. The number of methoxy groups -OCH3 is 1. The van der Waals surface area contributed by atoms with Gasteiger partial charge in [0.1, 0.15) is 5.75 Å². The summed E-state index contributed by atoms with van der Waals surface area (Å²) in [6.07, 6.45) is 0.586. The molecule has 0 aliphatic carbocycles. The van der Waals surface area contributed by atoms with Crippen molar-refractivity contribution >= 4 is 23.4 Å². The van der Waals surface area contributed by atoms with Crippen LogP contribution in [0.1, 0.15) is 58.2 Å². The highest BCUT2D eigenvalue weighted by Gasteiger charge is 2.35. The zero-order chi connectivity index (χ0) is 20.9. The minimum atomic E-state index is -0.0622. The number of carbonyl (C=O) groups excluding carboxylic acids is 2. The van der Waals surface area contributed by atoms with E-state index in [9.17, 15) is 9.59 Å². The van der Waals surface area contributed by atoms with Crippen molar-refractivity contribution in [1.29, 1.82) is 0 Å². The molecule has 2 amide bonds. The first-order valence-corrected chi connectivity index (χ1v) is 10.3. The molecular formula is C23H25ClN2O3. The molecule has 152 valence electrons. The molecule has 1 atom stereocenters. The summed E-state index contributed by atoms with van der Waals surface area (Å²) in [4.78, 5) is 29.5. The first kappa shape index (κ1) is 19.8. The van der Waals surface area contributed by atoms with E-state index in [1.165, 1.54) is 0 Å². The van der Waals surface area contributed by atoms with E-state index in [-0.39, 0.29) is 23.9 Å². The van der Waals surface area contributed by atoms with Crippen LogP contribution in [0.2, 0.25) is 5.02 Å². The van der Waals surface area contributed by atoms with Crippen molar-refractivity contribution in [2.75, 3.05) is 7.11 Å². The maximum atomic E-state index is 13.0. The monoisotopic (exact) mass is 412 g/mol. The molecule has 1 unspecified atom stereocenters. The molecule has 2 aromatic carbocycles. The van der Waals surface area contributed by atoms with Gasteiger partial charge in [0.2, 0.25) is 0 Å². The number of hydrogen-bond donors (Lipinski definition) is 0. The van der Waals surface area contributed by atoms with Gasteiger partial charge in [-0.2, -0.15) is 0 Å². The Bertz CT molecular complexity index is 1000. The molecule has 29 heavy (non-hydrogen) atoms. The molecule has 2 aliphatic heterocycles. The fourth-order valence-electron chi connectivity index (χ4n) is 4.30. The Balaban J connectivity index is 1.57. The third kappa shape index (κ3) is 3.18. The normalized spacial score (nSPS) is 16.5. The Kier molecular flexibility index (Phi) is 5.03. The van der Waals surface area contributed by atoms with Crippen molar-refractivity contribution in [3.05, 3.63) is 63.2 Å². The second kappa shape index (κ2) is 7.38. The molecule has 0 saturated carbocycles. The van der Waals surface area contributed by atoms with E-state index < -0.39 is 0 Å². The van der Waals surface area contributed by atoms with Crippen molar-refractivity contribution < 1.29 is 14.3 Å². The summed E-state index contributed by atoms with van der Waals surface area (Å²) < 4.78 is 5.37. The molecular weight excluding hydrogens is 388 g/mol. The van der Waals surface area contributed by atoms with Gasteiger partial charge in [-0.25, -0.2) is 0 Å². The summed E-state index contributed by atoms with van der Waals surface area (Å²) in [6.45, 7) is 7.18. The Hall–Kier alpha value is -2.53. The van der Waals surface area contributed by atoms with Crippen molar-refractivity contribution in [3.8, 4) is 5.75 Å². The molecule has 0 aromatic heterocycles. The Morgan fingerprint density at radius 2 is 1.62 bits per heavy atom. The lowest BCUT2D eigenvalue weighted by Gasteiger charge is -2.25. The summed E-state index contributed by atoms with van der Waals surface area (Å²) >= 11 is 6.67. The summed E-state index contributed by atoms with van der Waals surface area (Å²) in [5.41, 5.74) is 4.10. The summed E-state index contributed by atoms with van der Waals surface area (Å²) in [5.74, 6) is 0.574. The molecule has 2 aromatic rings. The van der Waals surface area contributed by atoms with Gasteiger partial charge in [-0.05, 0) is 49.9 Å². The maximum Gasteiger partial charge on any atom is 0.258 e. The van der Waals surface area contributed by atoms with Crippen molar-refractivity contribution in [3.63, 3.8) is 0 Å². The third-order valence-electron chi connectivity index (χ3n) is 5.94. The number of halogens is 1. The van der Waals surface area contributed by atoms with E-state index in [0.29, 0.717) is 41.4 Å². The minimum absolute atomic E-state index is 0.0103. The molecule has 2 heterocycles. The lowest BCUT2D eigenvalue weighted by atomic mass is 10.0. The molecule has 0 spiro atoms. The first-order chi connectivity index (χ1) is 13.8. The fourth-order valence-corrected chi connectivity index (χ4v) is 4.64. The lowest BCUT2D eigenvalue weighted by Crippen LogP contribution is -2.35. The van der Waals surface area contributed by atoms with Crippen LogP contribution < -0.4 is 4.74 Å². The Labute approximate surface area is 176 Å². The van der Waals surface area contributed by atoms with Gasteiger partial charge in [-0.1, -0.05) is 35.9 Å². The predicted octanol–water partition coefficient (Wildman–Crippen LogP) is 4.30. The molecule has 4 rings (SSSR count). The summed E-state index contributed by atoms with van der Waals surface area (Å²) in [5, 5.41) is 0.518. The topological polar surface area (TPSA) is 49.9 Å². The quantitative estimate of drug-likeness (QED) is 0.735. The van der Waals surface area contributed by atoms with Gasteiger partial charge in [0.05, 0.1) is 23.3 Å². The molecule has 0 saturated heterocycles. The number of ether oxygens (including phenoxy) is 1. The van der Waals surface area contributed by atoms with Crippen LogP contribution in [0, 0.1) is 0 Å². The second-order valence-electron chi connectivity index (χ2n) is 8.08. The predicted molar refractivity (Wildman–Crippen MR) is 112 cm³/mol. The SMILES string of the molecule is COc1cccc2c1C(=O)N(C(C)Cc1ccc3c(c1Cl)C(=O)N(C(C)C)C3)C2. The highest BCUT2D eigenvalue weighted by atomic mass is 35.5. The highest BCUT2D eigenvalue weighted by Crippen LogP contribution is 2.36. The standard InChI is InChI=1S/C23H25ClN2O3/c1-13(2)25-11-17-9-8-15(21(24)20(17)23(25)28)10-14(3)26-12-16-6-5-7-18(29-4)19(16)22(26)27/h5-9,13-14H,10-12H2,1-4H3.